The molecule has 27 heavy (non-hydrogen) atoms. The van der Waals surface area contributed by atoms with Gasteiger partial charge >= 0.3 is 0 Å². The second kappa shape index (κ2) is 9.45. The van der Waals surface area contributed by atoms with Gasteiger partial charge in [-0.3, -0.25) is 9.69 Å². The summed E-state index contributed by atoms with van der Waals surface area (Å²) in [4.78, 5) is 16.4. The third-order valence-corrected chi connectivity index (χ3v) is 5.44. The van der Waals surface area contributed by atoms with Crippen molar-refractivity contribution >= 4 is 40.5 Å². The zero-order chi connectivity index (χ0) is 19.2. The van der Waals surface area contributed by atoms with E-state index in [1.54, 1.807) is 0 Å². The largest absolute Gasteiger partial charge is 0.368 e. The van der Waals surface area contributed by atoms with Crippen LogP contribution in [0.25, 0.3) is 0 Å². The minimum Gasteiger partial charge on any atom is -0.368 e. The second-order valence-corrected chi connectivity index (χ2v) is 7.63. The summed E-state index contributed by atoms with van der Waals surface area (Å²) < 4.78 is 0. The van der Waals surface area contributed by atoms with Crippen LogP contribution in [0, 0.1) is 0 Å². The molecule has 0 saturated carbocycles. The predicted molar refractivity (Wildman–Crippen MR) is 114 cm³/mol. The molecule has 0 unspecified atom stereocenters. The van der Waals surface area contributed by atoms with E-state index in [2.05, 4.69) is 21.2 Å². The van der Waals surface area contributed by atoms with Crippen molar-refractivity contribution in [1.82, 2.24) is 4.90 Å². The molecule has 1 aliphatic rings. The number of halogens is 2. The Kier molecular flexibility index (Phi) is 7.00. The van der Waals surface area contributed by atoms with E-state index in [1.165, 1.54) is 0 Å². The van der Waals surface area contributed by atoms with Crippen molar-refractivity contribution < 1.29 is 4.79 Å². The summed E-state index contributed by atoms with van der Waals surface area (Å²) in [6.45, 7) is 6.58. The maximum atomic E-state index is 11.7. The Morgan fingerprint density at radius 3 is 2.44 bits per heavy atom. The van der Waals surface area contributed by atoms with Gasteiger partial charge in [0, 0.05) is 49.9 Å². The maximum absolute atomic E-state index is 11.7. The number of nitrogens with zero attached hydrogens (tertiary/aromatic N) is 2. The third-order valence-electron chi connectivity index (χ3n) is 4.77. The molecule has 1 saturated heterocycles. The molecule has 0 aromatic heterocycles. The first-order chi connectivity index (χ1) is 13.1. The molecular formula is C21H25Cl2N3O. The number of hydrogen-bond donors (Lipinski definition) is 1. The molecule has 0 spiro atoms. The first-order valence-electron chi connectivity index (χ1n) is 9.37. The van der Waals surface area contributed by atoms with E-state index in [9.17, 15) is 4.79 Å². The van der Waals surface area contributed by atoms with Crippen molar-refractivity contribution in [2.45, 2.75) is 26.3 Å². The summed E-state index contributed by atoms with van der Waals surface area (Å²) in [7, 11) is 0. The van der Waals surface area contributed by atoms with Gasteiger partial charge in [0.05, 0.1) is 10.7 Å². The molecule has 1 aliphatic heterocycles. The molecule has 2 aromatic carbocycles. The van der Waals surface area contributed by atoms with Gasteiger partial charge in [-0.1, -0.05) is 48.3 Å². The van der Waals surface area contributed by atoms with Crippen molar-refractivity contribution in [3.8, 4) is 0 Å². The molecule has 0 aliphatic carbocycles. The Labute approximate surface area is 171 Å². The molecule has 1 amide bonds. The number of amides is 1. The van der Waals surface area contributed by atoms with Gasteiger partial charge in [0.25, 0.3) is 0 Å². The van der Waals surface area contributed by atoms with Gasteiger partial charge in [-0.2, -0.15) is 0 Å². The molecule has 6 heteroatoms. The fourth-order valence-electron chi connectivity index (χ4n) is 3.31. The van der Waals surface area contributed by atoms with Crippen LogP contribution in [0.1, 0.15) is 25.3 Å². The number of nitrogens with one attached hydrogen (secondary N) is 1. The number of benzene rings is 2. The number of rotatable bonds is 6. The van der Waals surface area contributed by atoms with Gasteiger partial charge in [0.1, 0.15) is 0 Å². The molecule has 3 rings (SSSR count). The number of hydrogen-bond acceptors (Lipinski definition) is 3. The predicted octanol–water partition coefficient (Wildman–Crippen LogP) is 5.05. The number of carbonyl (C=O) groups excluding carboxylic acids is 1. The van der Waals surface area contributed by atoms with E-state index >= 15 is 0 Å². The molecule has 1 heterocycles. The molecule has 0 atom stereocenters. The summed E-state index contributed by atoms with van der Waals surface area (Å²) in [6, 6.07) is 13.8. The highest BCUT2D eigenvalue weighted by atomic mass is 35.5. The van der Waals surface area contributed by atoms with Gasteiger partial charge < -0.3 is 10.2 Å². The summed E-state index contributed by atoms with van der Waals surface area (Å²) in [5.41, 5.74) is 2.93. The van der Waals surface area contributed by atoms with Crippen LogP contribution in [0.4, 0.5) is 11.4 Å². The molecular weight excluding hydrogens is 381 g/mol. The Morgan fingerprint density at radius 2 is 1.78 bits per heavy atom. The van der Waals surface area contributed by atoms with Gasteiger partial charge in [-0.05, 0) is 36.2 Å². The Balaban J connectivity index is 1.57. The molecule has 1 fully saturated rings. The standard InChI is InChI=1S/C21H25Cl2N3O/c1-2-5-21(27)24-17-8-9-20(19(23)14-17)26-12-10-25(11-13-26)15-16-6-3-4-7-18(16)22/h3-4,6-9,14H,2,5,10-13,15H2,1H3,(H,24,27). The Hall–Kier alpha value is -1.75. The van der Waals surface area contributed by atoms with Crippen LogP contribution in [0.5, 0.6) is 0 Å². The lowest BCUT2D eigenvalue weighted by molar-refractivity contribution is -0.116. The van der Waals surface area contributed by atoms with Crippen LogP contribution in [0.3, 0.4) is 0 Å². The molecule has 0 radical (unpaired) electrons. The zero-order valence-corrected chi connectivity index (χ0v) is 17.1. The van der Waals surface area contributed by atoms with Crippen LogP contribution in [-0.2, 0) is 11.3 Å². The number of piperazine rings is 1. The van der Waals surface area contributed by atoms with Crippen molar-refractivity contribution in [3.63, 3.8) is 0 Å². The number of carbonyl (C=O) groups is 1. The van der Waals surface area contributed by atoms with Crippen LogP contribution < -0.4 is 10.2 Å². The van der Waals surface area contributed by atoms with E-state index in [4.69, 9.17) is 23.2 Å². The average Bonchev–Trinajstić information content (AvgIpc) is 2.65. The molecule has 0 bridgehead atoms. The van der Waals surface area contributed by atoms with Crippen molar-refractivity contribution in [2.24, 2.45) is 0 Å². The molecule has 144 valence electrons. The van der Waals surface area contributed by atoms with E-state index in [0.29, 0.717) is 11.4 Å². The highest BCUT2D eigenvalue weighted by Gasteiger charge is 2.20. The van der Waals surface area contributed by atoms with Crippen LogP contribution in [0.15, 0.2) is 42.5 Å². The normalized spacial score (nSPS) is 15.0. The fourth-order valence-corrected chi connectivity index (χ4v) is 3.80. The fraction of sp³-hybridized carbons (Fsp3) is 0.381. The topological polar surface area (TPSA) is 35.6 Å². The SMILES string of the molecule is CCCC(=O)Nc1ccc(N2CCN(Cc3ccccc3Cl)CC2)c(Cl)c1. The molecule has 4 nitrogen and oxygen atoms in total. The average molecular weight is 406 g/mol. The molecule has 2 aromatic rings. The third kappa shape index (κ3) is 5.38. The smallest absolute Gasteiger partial charge is 0.224 e. The molecule has 1 N–H and O–H groups in total. The van der Waals surface area contributed by atoms with Crippen molar-refractivity contribution in [2.75, 3.05) is 36.4 Å². The van der Waals surface area contributed by atoms with E-state index in [-0.39, 0.29) is 5.91 Å². The maximum Gasteiger partial charge on any atom is 0.224 e. The van der Waals surface area contributed by atoms with Crippen LogP contribution in [-0.4, -0.2) is 37.0 Å². The Morgan fingerprint density at radius 1 is 1.04 bits per heavy atom. The van der Waals surface area contributed by atoms with E-state index in [0.717, 1.165) is 61.1 Å². The number of anilines is 2. The van der Waals surface area contributed by atoms with Crippen molar-refractivity contribution in [3.05, 3.63) is 58.1 Å². The van der Waals surface area contributed by atoms with Gasteiger partial charge in [-0.15, -0.1) is 0 Å². The highest BCUT2D eigenvalue weighted by Crippen LogP contribution is 2.30. The van der Waals surface area contributed by atoms with Gasteiger partial charge in [0.2, 0.25) is 5.91 Å². The van der Waals surface area contributed by atoms with Gasteiger partial charge in [-0.25, -0.2) is 0 Å². The second-order valence-electron chi connectivity index (χ2n) is 6.82. The van der Waals surface area contributed by atoms with Gasteiger partial charge in [0.15, 0.2) is 0 Å². The minimum absolute atomic E-state index is 0.0227. The lowest BCUT2D eigenvalue weighted by Gasteiger charge is -2.36. The van der Waals surface area contributed by atoms with E-state index < -0.39 is 0 Å². The van der Waals surface area contributed by atoms with Crippen LogP contribution in [0.2, 0.25) is 10.0 Å². The quantitative estimate of drug-likeness (QED) is 0.729. The highest BCUT2D eigenvalue weighted by molar-refractivity contribution is 6.33. The lowest BCUT2D eigenvalue weighted by atomic mass is 10.2. The summed E-state index contributed by atoms with van der Waals surface area (Å²) in [6.07, 6.45) is 1.35. The summed E-state index contributed by atoms with van der Waals surface area (Å²) in [5, 5.41) is 4.38. The monoisotopic (exact) mass is 405 g/mol. The van der Waals surface area contributed by atoms with Crippen LogP contribution >= 0.6 is 23.2 Å². The Bertz CT molecular complexity index is 789. The lowest BCUT2D eigenvalue weighted by Crippen LogP contribution is -2.46. The first kappa shape index (κ1) is 20.0. The minimum atomic E-state index is 0.0227. The van der Waals surface area contributed by atoms with Crippen molar-refractivity contribution in [1.29, 1.82) is 0 Å². The first-order valence-corrected chi connectivity index (χ1v) is 10.1. The summed E-state index contributed by atoms with van der Waals surface area (Å²) >= 11 is 12.8. The van der Waals surface area contributed by atoms with E-state index in [1.807, 2.05) is 43.3 Å². The zero-order valence-electron chi connectivity index (χ0n) is 15.5. The summed E-state index contributed by atoms with van der Waals surface area (Å²) in [5.74, 6) is 0.0227.